The predicted molar refractivity (Wildman–Crippen MR) is 114 cm³/mol. The molecule has 0 radical (unpaired) electrons. The van der Waals surface area contributed by atoms with Gasteiger partial charge in [0.2, 0.25) is 0 Å². The van der Waals surface area contributed by atoms with Crippen LogP contribution in [0.3, 0.4) is 0 Å². The van der Waals surface area contributed by atoms with Crippen molar-refractivity contribution in [3.05, 3.63) is 64.9 Å². The maximum absolute atomic E-state index is 14.3. The number of imidazole rings is 1. The number of nitrogens with one attached hydrogen (secondary N) is 1. The number of aliphatic hydroxyl groups excluding tert-OH is 1. The normalized spacial score (nSPS) is 12.7. The third-order valence-corrected chi connectivity index (χ3v) is 5.23. The molecule has 3 rings (SSSR count). The van der Waals surface area contributed by atoms with Crippen LogP contribution in [0.25, 0.3) is 5.65 Å². The number of aliphatic hydroxyl groups is 1. The number of benzene rings is 1. The van der Waals surface area contributed by atoms with Gasteiger partial charge in [0.25, 0.3) is 5.91 Å². The Bertz CT molecular complexity index is 1130. The van der Waals surface area contributed by atoms with Crippen molar-refractivity contribution in [2.24, 2.45) is 0 Å². The highest BCUT2D eigenvalue weighted by atomic mass is 19.4. The van der Waals surface area contributed by atoms with Gasteiger partial charge in [0.1, 0.15) is 18.1 Å². The molecule has 0 unspecified atom stereocenters. The first kappa shape index (κ1) is 24.5. The Morgan fingerprint density at radius 1 is 1.27 bits per heavy atom. The number of unbranched alkanes of at least 4 members (excludes halogenated alkanes) is 1. The molecule has 1 aromatic carbocycles. The van der Waals surface area contributed by atoms with E-state index in [1.54, 1.807) is 19.2 Å². The zero-order chi connectivity index (χ0) is 24.2. The number of carbonyl (C=O) groups excluding carboxylic acids is 1. The Morgan fingerprint density at radius 2 is 2.03 bits per heavy atom. The second-order valence-corrected chi connectivity index (χ2v) is 7.67. The summed E-state index contributed by atoms with van der Waals surface area (Å²) >= 11 is 0. The summed E-state index contributed by atoms with van der Waals surface area (Å²) in [5.74, 6) is -1.63. The molecule has 0 aliphatic heterocycles. The fourth-order valence-corrected chi connectivity index (χ4v) is 3.52. The highest BCUT2D eigenvalue weighted by molar-refractivity contribution is 5.95. The number of nitrogens with zero attached hydrogens (tertiary/aromatic N) is 2. The van der Waals surface area contributed by atoms with Gasteiger partial charge in [-0.1, -0.05) is 31.9 Å². The van der Waals surface area contributed by atoms with Crippen molar-refractivity contribution in [2.75, 3.05) is 6.61 Å². The Balaban J connectivity index is 1.85. The molecule has 3 aromatic rings. The van der Waals surface area contributed by atoms with Crippen LogP contribution < -0.4 is 10.1 Å². The number of aryl methyl sites for hydroxylation is 1. The highest BCUT2D eigenvalue weighted by Gasteiger charge is 2.34. The summed E-state index contributed by atoms with van der Waals surface area (Å²) in [6.07, 6.45) is -0.810. The molecule has 10 heteroatoms. The molecule has 0 aliphatic carbocycles. The van der Waals surface area contributed by atoms with E-state index >= 15 is 0 Å². The number of rotatable bonds is 9. The Labute approximate surface area is 188 Å². The number of carbonyl (C=O) groups is 1. The van der Waals surface area contributed by atoms with Crippen LogP contribution in [0, 0.1) is 12.7 Å². The first-order valence-electron chi connectivity index (χ1n) is 10.5. The number of halogens is 4. The van der Waals surface area contributed by atoms with E-state index in [9.17, 15) is 27.5 Å². The van der Waals surface area contributed by atoms with E-state index in [0.29, 0.717) is 18.2 Å². The van der Waals surface area contributed by atoms with Crippen molar-refractivity contribution in [1.29, 1.82) is 0 Å². The number of alkyl halides is 3. The van der Waals surface area contributed by atoms with Crippen LogP contribution in [-0.2, 0) is 12.8 Å². The minimum atomic E-state index is -4.81. The van der Waals surface area contributed by atoms with E-state index in [1.165, 1.54) is 16.5 Å². The summed E-state index contributed by atoms with van der Waals surface area (Å²) in [4.78, 5) is 17.2. The van der Waals surface area contributed by atoms with Gasteiger partial charge in [0.15, 0.2) is 11.4 Å². The molecule has 1 amide bonds. The summed E-state index contributed by atoms with van der Waals surface area (Å²) < 4.78 is 60.3. The molecule has 0 spiro atoms. The van der Waals surface area contributed by atoms with Crippen molar-refractivity contribution >= 4 is 11.6 Å². The van der Waals surface area contributed by atoms with Crippen LogP contribution in [0.1, 0.15) is 53.5 Å². The van der Waals surface area contributed by atoms with Crippen molar-refractivity contribution in [3.8, 4) is 5.75 Å². The molecular weight excluding hydrogens is 442 g/mol. The lowest BCUT2D eigenvalue weighted by Crippen LogP contribution is -2.38. The molecule has 0 aliphatic rings. The first-order chi connectivity index (χ1) is 15.7. The topological polar surface area (TPSA) is 75.9 Å². The van der Waals surface area contributed by atoms with Crippen LogP contribution in [0.15, 0.2) is 36.5 Å². The maximum Gasteiger partial charge on any atom is 0.419 e. The number of ether oxygens (including phenoxy) is 1. The molecule has 2 heterocycles. The van der Waals surface area contributed by atoms with Crippen molar-refractivity contribution in [1.82, 2.24) is 14.7 Å². The largest absolute Gasteiger partial charge is 0.485 e. The van der Waals surface area contributed by atoms with E-state index < -0.39 is 36.1 Å². The third kappa shape index (κ3) is 5.44. The van der Waals surface area contributed by atoms with E-state index in [0.717, 1.165) is 18.9 Å². The van der Waals surface area contributed by atoms with E-state index in [-0.39, 0.29) is 29.3 Å². The van der Waals surface area contributed by atoms with Gasteiger partial charge in [-0.2, -0.15) is 13.2 Å². The lowest BCUT2D eigenvalue weighted by atomic mass is 10.1. The standard InChI is InChI=1S/C23H25F4N3O3/c1-3-4-8-16(12-31)29-22(32)20-14(2)28-21-18(10-6-11-30(20)21)33-13-15-7-5-9-17(19(15)24)23(25,26)27/h5-7,9-11,16,31H,3-4,8,12-13H2,1-2H3,(H,29,32)/t16-/m1/s1. The number of pyridine rings is 1. The summed E-state index contributed by atoms with van der Waals surface area (Å²) in [6.45, 7) is 3.00. The summed E-state index contributed by atoms with van der Waals surface area (Å²) in [6, 6.07) is 5.72. The smallest absolute Gasteiger partial charge is 0.419 e. The van der Waals surface area contributed by atoms with E-state index in [4.69, 9.17) is 4.74 Å². The minimum absolute atomic E-state index is 0.182. The average Bonchev–Trinajstić information content (AvgIpc) is 3.11. The number of amides is 1. The van der Waals surface area contributed by atoms with Crippen LogP contribution in [0.5, 0.6) is 5.75 Å². The van der Waals surface area contributed by atoms with Crippen molar-refractivity contribution < 1.29 is 32.2 Å². The van der Waals surface area contributed by atoms with E-state index in [1.807, 2.05) is 6.92 Å². The molecule has 1 atom stereocenters. The third-order valence-electron chi connectivity index (χ3n) is 5.23. The molecule has 0 saturated carbocycles. The molecule has 2 N–H and O–H groups in total. The molecule has 0 saturated heterocycles. The van der Waals surface area contributed by atoms with Crippen molar-refractivity contribution in [3.63, 3.8) is 0 Å². The fraction of sp³-hybridized carbons (Fsp3) is 0.391. The SMILES string of the molecule is CCCC[C@H](CO)NC(=O)c1c(C)nc2c(OCc3cccc(C(F)(F)F)c3F)cccn12. The molecule has 33 heavy (non-hydrogen) atoms. The Kier molecular flexibility index (Phi) is 7.57. The molecule has 6 nitrogen and oxygen atoms in total. The van der Waals surface area contributed by atoms with Gasteiger partial charge in [-0.3, -0.25) is 9.20 Å². The maximum atomic E-state index is 14.3. The van der Waals surface area contributed by atoms with Crippen LogP contribution in [0.4, 0.5) is 17.6 Å². The van der Waals surface area contributed by atoms with Gasteiger partial charge >= 0.3 is 6.18 Å². The molecule has 178 valence electrons. The molecule has 0 fully saturated rings. The van der Waals surface area contributed by atoms with Gasteiger partial charge in [-0.15, -0.1) is 0 Å². The number of hydrogen-bond donors (Lipinski definition) is 2. The number of aromatic nitrogens is 2. The zero-order valence-corrected chi connectivity index (χ0v) is 18.2. The predicted octanol–water partition coefficient (Wildman–Crippen LogP) is 4.66. The number of fused-ring (bicyclic) bond motifs is 1. The highest BCUT2D eigenvalue weighted by Crippen LogP contribution is 2.33. The number of hydrogen-bond acceptors (Lipinski definition) is 4. The summed E-state index contributed by atoms with van der Waals surface area (Å²) in [5.41, 5.74) is -0.702. The van der Waals surface area contributed by atoms with Crippen LogP contribution in [0.2, 0.25) is 0 Å². The second-order valence-electron chi connectivity index (χ2n) is 7.67. The monoisotopic (exact) mass is 467 g/mol. The average molecular weight is 467 g/mol. The lowest BCUT2D eigenvalue weighted by Gasteiger charge is -2.16. The first-order valence-corrected chi connectivity index (χ1v) is 10.5. The fourth-order valence-electron chi connectivity index (χ4n) is 3.52. The second kappa shape index (κ2) is 10.2. The lowest BCUT2D eigenvalue weighted by molar-refractivity contribution is -0.140. The van der Waals surface area contributed by atoms with Crippen LogP contribution >= 0.6 is 0 Å². The van der Waals surface area contributed by atoms with Gasteiger partial charge in [-0.25, -0.2) is 9.37 Å². The van der Waals surface area contributed by atoms with Gasteiger partial charge in [0, 0.05) is 11.8 Å². The molecule has 2 aromatic heterocycles. The summed E-state index contributed by atoms with van der Waals surface area (Å²) in [7, 11) is 0. The van der Waals surface area contributed by atoms with Gasteiger partial charge in [-0.05, 0) is 31.5 Å². The molecule has 0 bridgehead atoms. The zero-order valence-electron chi connectivity index (χ0n) is 18.2. The van der Waals surface area contributed by atoms with E-state index in [2.05, 4.69) is 10.3 Å². The Hall–Kier alpha value is -3.14. The van der Waals surface area contributed by atoms with Crippen LogP contribution in [-0.4, -0.2) is 33.0 Å². The summed E-state index contributed by atoms with van der Waals surface area (Å²) in [5, 5.41) is 12.3. The van der Waals surface area contributed by atoms with Crippen molar-refractivity contribution in [2.45, 2.75) is 51.9 Å². The van der Waals surface area contributed by atoms with Gasteiger partial charge in [0.05, 0.1) is 23.9 Å². The minimum Gasteiger partial charge on any atom is -0.485 e. The molecular formula is C23H25F4N3O3. The quantitative estimate of drug-likeness (QED) is 0.449. The Morgan fingerprint density at radius 3 is 2.70 bits per heavy atom. The van der Waals surface area contributed by atoms with Gasteiger partial charge < -0.3 is 15.2 Å².